The fraction of sp³-hybridized carbons (Fsp3) is 0.615. The van der Waals surface area contributed by atoms with Gasteiger partial charge in [-0.3, -0.25) is 9.59 Å². The van der Waals surface area contributed by atoms with Gasteiger partial charge in [-0.1, -0.05) is 6.92 Å². The second-order valence-electron chi connectivity index (χ2n) is 4.84. The molecule has 112 valence electrons. The van der Waals surface area contributed by atoms with E-state index in [1.807, 2.05) is 15.7 Å². The van der Waals surface area contributed by atoms with Gasteiger partial charge in [0.2, 0.25) is 0 Å². The van der Waals surface area contributed by atoms with Gasteiger partial charge in [-0.2, -0.15) is 0 Å². The largest absolute Gasteiger partial charge is 0.481 e. The van der Waals surface area contributed by atoms with Crippen molar-refractivity contribution < 1.29 is 19.8 Å². The molecule has 0 saturated carbocycles. The van der Waals surface area contributed by atoms with Crippen molar-refractivity contribution in [3.63, 3.8) is 0 Å². The van der Waals surface area contributed by atoms with Crippen LogP contribution in [0.15, 0.2) is 18.7 Å². The minimum atomic E-state index is -0.868. The van der Waals surface area contributed by atoms with Crippen LogP contribution in [0, 0.1) is 5.92 Å². The number of aliphatic carboxylic acids is 2. The van der Waals surface area contributed by atoms with Gasteiger partial charge in [-0.15, -0.1) is 0 Å². The normalized spacial score (nSPS) is 12.5. The average Bonchev–Trinajstić information content (AvgIpc) is 2.88. The lowest BCUT2D eigenvalue weighted by Gasteiger charge is -2.23. The molecule has 1 unspecified atom stereocenters. The predicted molar refractivity (Wildman–Crippen MR) is 72.3 cm³/mol. The van der Waals surface area contributed by atoms with Gasteiger partial charge in [0.05, 0.1) is 18.7 Å². The summed E-state index contributed by atoms with van der Waals surface area (Å²) in [5.74, 6) is -2.23. The molecule has 20 heavy (non-hydrogen) atoms. The molecule has 1 atom stereocenters. The molecular weight excluding hydrogens is 262 g/mol. The quantitative estimate of drug-likeness (QED) is 0.658. The molecule has 1 aromatic heterocycles. The zero-order valence-electron chi connectivity index (χ0n) is 11.6. The number of imidazole rings is 1. The monoisotopic (exact) mass is 283 g/mol. The molecule has 0 aliphatic heterocycles. The number of hydrogen-bond donors (Lipinski definition) is 2. The number of aromatic nitrogens is 2. The zero-order chi connectivity index (χ0) is 15.0. The Bertz CT molecular complexity index is 419. The van der Waals surface area contributed by atoms with Crippen molar-refractivity contribution in [3.05, 3.63) is 18.7 Å². The first-order chi connectivity index (χ1) is 9.49. The van der Waals surface area contributed by atoms with E-state index in [1.54, 1.807) is 19.4 Å². The lowest BCUT2D eigenvalue weighted by Crippen LogP contribution is -2.34. The molecule has 0 aliphatic rings. The number of nitrogens with zero attached hydrogens (tertiary/aromatic N) is 3. The Balaban J connectivity index is 2.39. The SMILES string of the molecule is CC(CN(CCCn1ccnc1)CCC(=O)O)C(=O)O. The third kappa shape index (κ3) is 6.33. The van der Waals surface area contributed by atoms with Crippen LogP contribution in [-0.2, 0) is 16.1 Å². The molecule has 7 nitrogen and oxygen atoms in total. The number of rotatable bonds is 10. The first kappa shape index (κ1) is 16.2. The molecule has 0 amide bonds. The number of hydrogen-bond acceptors (Lipinski definition) is 4. The van der Waals surface area contributed by atoms with E-state index in [0.717, 1.165) is 13.0 Å². The number of carboxylic acids is 2. The summed E-state index contributed by atoms with van der Waals surface area (Å²) < 4.78 is 1.94. The molecule has 0 aliphatic carbocycles. The minimum Gasteiger partial charge on any atom is -0.481 e. The molecule has 0 radical (unpaired) electrons. The van der Waals surface area contributed by atoms with Crippen LogP contribution < -0.4 is 0 Å². The summed E-state index contributed by atoms with van der Waals surface area (Å²) in [5.41, 5.74) is 0. The molecule has 1 aromatic rings. The van der Waals surface area contributed by atoms with Crippen LogP contribution in [-0.4, -0.2) is 56.2 Å². The highest BCUT2D eigenvalue weighted by Crippen LogP contribution is 2.04. The lowest BCUT2D eigenvalue weighted by atomic mass is 10.1. The van der Waals surface area contributed by atoms with Crippen molar-refractivity contribution in [2.45, 2.75) is 26.3 Å². The van der Waals surface area contributed by atoms with Gasteiger partial charge in [0.1, 0.15) is 0 Å². The molecular formula is C13H21N3O4. The second-order valence-corrected chi connectivity index (χ2v) is 4.84. The van der Waals surface area contributed by atoms with Gasteiger partial charge < -0.3 is 19.7 Å². The number of carboxylic acid groups (broad SMARTS) is 2. The van der Waals surface area contributed by atoms with Crippen LogP contribution in [0.4, 0.5) is 0 Å². The van der Waals surface area contributed by atoms with Crippen LogP contribution in [0.1, 0.15) is 19.8 Å². The lowest BCUT2D eigenvalue weighted by molar-refractivity contribution is -0.141. The second kappa shape index (κ2) is 8.31. The van der Waals surface area contributed by atoms with E-state index in [-0.39, 0.29) is 6.42 Å². The summed E-state index contributed by atoms with van der Waals surface area (Å²) in [7, 11) is 0. The smallest absolute Gasteiger partial charge is 0.307 e. The number of aryl methyl sites for hydroxylation is 1. The fourth-order valence-corrected chi connectivity index (χ4v) is 1.91. The first-order valence-corrected chi connectivity index (χ1v) is 6.61. The van der Waals surface area contributed by atoms with Crippen LogP contribution in [0.3, 0.4) is 0 Å². The van der Waals surface area contributed by atoms with E-state index in [1.165, 1.54) is 0 Å². The highest BCUT2D eigenvalue weighted by Gasteiger charge is 2.16. The van der Waals surface area contributed by atoms with Crippen LogP contribution in [0.5, 0.6) is 0 Å². The van der Waals surface area contributed by atoms with Crippen LogP contribution in [0.25, 0.3) is 0 Å². The first-order valence-electron chi connectivity index (χ1n) is 6.61. The average molecular weight is 283 g/mol. The van der Waals surface area contributed by atoms with Crippen molar-refractivity contribution in [2.75, 3.05) is 19.6 Å². The third-order valence-electron chi connectivity index (χ3n) is 3.05. The van der Waals surface area contributed by atoms with Gasteiger partial charge in [-0.05, 0) is 13.0 Å². The Morgan fingerprint density at radius 1 is 1.35 bits per heavy atom. The van der Waals surface area contributed by atoms with Crippen molar-refractivity contribution >= 4 is 11.9 Å². The van der Waals surface area contributed by atoms with Crippen molar-refractivity contribution in [3.8, 4) is 0 Å². The van der Waals surface area contributed by atoms with Crippen LogP contribution >= 0.6 is 0 Å². The molecule has 0 spiro atoms. The maximum absolute atomic E-state index is 10.9. The Morgan fingerprint density at radius 3 is 2.65 bits per heavy atom. The van der Waals surface area contributed by atoms with E-state index in [2.05, 4.69) is 4.98 Å². The fourth-order valence-electron chi connectivity index (χ4n) is 1.91. The summed E-state index contributed by atoms with van der Waals surface area (Å²) in [5, 5.41) is 17.7. The van der Waals surface area contributed by atoms with Crippen molar-refractivity contribution in [1.29, 1.82) is 0 Å². The Kier molecular flexibility index (Phi) is 6.72. The molecule has 1 rings (SSSR count). The standard InChI is InChI=1S/C13H21N3O4/c1-11(13(19)20)9-15(7-3-12(17)18)5-2-6-16-8-4-14-10-16/h4,8,10-11H,2-3,5-7,9H2,1H3,(H,17,18)(H,19,20). The van der Waals surface area contributed by atoms with E-state index in [4.69, 9.17) is 10.2 Å². The van der Waals surface area contributed by atoms with E-state index in [0.29, 0.717) is 19.6 Å². The Hall–Kier alpha value is -1.89. The summed E-state index contributed by atoms with van der Waals surface area (Å²) in [6.45, 7) is 3.82. The Labute approximate surface area is 117 Å². The summed E-state index contributed by atoms with van der Waals surface area (Å²) in [4.78, 5) is 27.3. The Morgan fingerprint density at radius 2 is 2.10 bits per heavy atom. The number of carbonyl (C=O) groups is 2. The molecule has 0 fully saturated rings. The summed E-state index contributed by atoms with van der Waals surface area (Å²) in [6.07, 6.45) is 6.14. The van der Waals surface area contributed by atoms with Gasteiger partial charge in [0.15, 0.2) is 0 Å². The molecule has 0 bridgehead atoms. The van der Waals surface area contributed by atoms with Gasteiger partial charge in [0.25, 0.3) is 0 Å². The molecule has 2 N–H and O–H groups in total. The van der Waals surface area contributed by atoms with Crippen molar-refractivity contribution in [2.24, 2.45) is 5.92 Å². The molecule has 1 heterocycles. The maximum atomic E-state index is 10.9. The molecule has 0 saturated heterocycles. The van der Waals surface area contributed by atoms with Crippen molar-refractivity contribution in [1.82, 2.24) is 14.5 Å². The third-order valence-corrected chi connectivity index (χ3v) is 3.05. The summed E-state index contributed by atoms with van der Waals surface area (Å²) >= 11 is 0. The molecule has 7 heteroatoms. The topological polar surface area (TPSA) is 95.7 Å². The van der Waals surface area contributed by atoms with Gasteiger partial charge >= 0.3 is 11.9 Å². The van der Waals surface area contributed by atoms with Gasteiger partial charge in [0, 0.05) is 32.0 Å². The highest BCUT2D eigenvalue weighted by atomic mass is 16.4. The zero-order valence-corrected chi connectivity index (χ0v) is 11.6. The highest BCUT2D eigenvalue weighted by molar-refractivity contribution is 5.69. The van der Waals surface area contributed by atoms with E-state index >= 15 is 0 Å². The van der Waals surface area contributed by atoms with Crippen LogP contribution in [0.2, 0.25) is 0 Å². The molecule has 0 aromatic carbocycles. The van der Waals surface area contributed by atoms with E-state index < -0.39 is 17.9 Å². The van der Waals surface area contributed by atoms with Gasteiger partial charge in [-0.25, -0.2) is 4.98 Å². The maximum Gasteiger partial charge on any atom is 0.307 e. The minimum absolute atomic E-state index is 0.0252. The summed E-state index contributed by atoms with van der Waals surface area (Å²) in [6, 6.07) is 0. The van der Waals surface area contributed by atoms with E-state index in [9.17, 15) is 9.59 Å². The predicted octanol–water partition coefficient (Wildman–Crippen LogP) is 0.771.